The molecule has 0 radical (unpaired) electrons. The van der Waals surface area contributed by atoms with Crippen molar-refractivity contribution in [3.05, 3.63) is 101 Å². The van der Waals surface area contributed by atoms with Crippen molar-refractivity contribution in [3.8, 4) is 5.69 Å². The Bertz CT molecular complexity index is 1490. The number of hydrogen-bond acceptors (Lipinski definition) is 5. The molecule has 1 unspecified atom stereocenters. The van der Waals surface area contributed by atoms with Crippen molar-refractivity contribution in [1.29, 1.82) is 0 Å². The van der Waals surface area contributed by atoms with Gasteiger partial charge in [-0.15, -0.1) is 10.2 Å². The van der Waals surface area contributed by atoms with E-state index in [9.17, 15) is 9.18 Å². The topological polar surface area (TPSA) is 72.7 Å². The quantitative estimate of drug-likeness (QED) is 0.314. The van der Waals surface area contributed by atoms with Crippen LogP contribution in [-0.4, -0.2) is 25.9 Å². The van der Waals surface area contributed by atoms with E-state index in [2.05, 4.69) is 38.8 Å². The molecule has 0 aliphatic heterocycles. The summed E-state index contributed by atoms with van der Waals surface area (Å²) in [5.74, 6) is -0.653. The second-order valence-electron chi connectivity index (χ2n) is 9.12. The Morgan fingerprint density at radius 3 is 2.54 bits per heavy atom. The van der Waals surface area contributed by atoms with E-state index >= 15 is 0 Å². The van der Waals surface area contributed by atoms with Gasteiger partial charge in [0.2, 0.25) is 11.0 Å². The number of rotatable bonds is 6. The van der Waals surface area contributed by atoms with Gasteiger partial charge in [-0.2, -0.15) is 5.10 Å². The number of hydrogen-bond donors (Lipinski definition) is 1. The van der Waals surface area contributed by atoms with Gasteiger partial charge in [0, 0.05) is 11.3 Å². The Kier molecular flexibility index (Phi) is 5.90. The van der Waals surface area contributed by atoms with Crippen LogP contribution in [0.3, 0.4) is 0 Å². The van der Waals surface area contributed by atoms with E-state index in [1.807, 2.05) is 45.0 Å². The van der Waals surface area contributed by atoms with Gasteiger partial charge < -0.3 is 5.32 Å². The van der Waals surface area contributed by atoms with Crippen molar-refractivity contribution >= 4 is 33.3 Å². The zero-order valence-corrected chi connectivity index (χ0v) is 20.4. The number of carbonyl (C=O) groups is 1. The van der Waals surface area contributed by atoms with Gasteiger partial charge in [-0.05, 0) is 54.4 Å². The zero-order chi connectivity index (χ0) is 24.6. The minimum Gasteiger partial charge on any atom is -0.300 e. The number of nitrogens with one attached hydrogen (secondary N) is 1. The van der Waals surface area contributed by atoms with Crippen LogP contribution in [0.4, 0.5) is 9.52 Å². The van der Waals surface area contributed by atoms with Crippen molar-refractivity contribution in [2.75, 3.05) is 5.32 Å². The van der Waals surface area contributed by atoms with E-state index in [4.69, 9.17) is 0 Å². The molecule has 2 aromatic heterocycles. The van der Waals surface area contributed by atoms with Crippen LogP contribution in [0.25, 0.3) is 16.6 Å². The monoisotopic (exact) mass is 485 g/mol. The third kappa shape index (κ3) is 4.44. The predicted octanol–water partition coefficient (Wildman–Crippen LogP) is 6.12. The fourth-order valence-corrected chi connectivity index (χ4v) is 4.95. The lowest BCUT2D eigenvalue weighted by atomic mass is 9.70. The Hall–Kier alpha value is -3.91. The molecule has 0 saturated carbocycles. The molecule has 3 aromatic carbocycles. The summed E-state index contributed by atoms with van der Waals surface area (Å²) in [7, 11) is 0. The first-order chi connectivity index (χ1) is 16.8. The Morgan fingerprint density at radius 2 is 1.83 bits per heavy atom. The van der Waals surface area contributed by atoms with Gasteiger partial charge >= 0.3 is 0 Å². The molecular weight excluding hydrogens is 461 g/mol. The highest BCUT2D eigenvalue weighted by Crippen LogP contribution is 2.43. The van der Waals surface area contributed by atoms with Crippen LogP contribution >= 0.6 is 11.3 Å². The van der Waals surface area contributed by atoms with Crippen molar-refractivity contribution in [2.45, 2.75) is 26.7 Å². The molecule has 1 atom stereocenters. The van der Waals surface area contributed by atoms with Crippen molar-refractivity contribution in [1.82, 2.24) is 20.0 Å². The minimum atomic E-state index is -0.805. The zero-order valence-electron chi connectivity index (χ0n) is 19.6. The SMILES string of the molecule is Cc1cccc(C(c2ccc3c(cnn3-c3ccc(F)cc3)c2)C(C)(C)C(=O)Nc2nncs2)c1. The number of halogens is 1. The van der Waals surface area contributed by atoms with Crippen molar-refractivity contribution in [2.24, 2.45) is 5.41 Å². The van der Waals surface area contributed by atoms with Crippen molar-refractivity contribution in [3.63, 3.8) is 0 Å². The van der Waals surface area contributed by atoms with E-state index < -0.39 is 5.41 Å². The molecule has 0 bridgehead atoms. The first-order valence-electron chi connectivity index (χ1n) is 11.2. The lowest BCUT2D eigenvalue weighted by Crippen LogP contribution is -2.37. The molecule has 1 N–H and O–H groups in total. The molecule has 5 rings (SSSR count). The minimum absolute atomic E-state index is 0.136. The van der Waals surface area contributed by atoms with E-state index in [1.165, 1.54) is 23.5 Å². The number of amides is 1. The maximum Gasteiger partial charge on any atom is 0.232 e. The molecule has 0 aliphatic rings. The second kappa shape index (κ2) is 9.03. The summed E-state index contributed by atoms with van der Waals surface area (Å²) >= 11 is 1.29. The maximum atomic E-state index is 13.5. The molecule has 35 heavy (non-hydrogen) atoms. The predicted molar refractivity (Wildman–Crippen MR) is 136 cm³/mol. The molecule has 1 amide bonds. The number of fused-ring (bicyclic) bond motifs is 1. The molecule has 6 nitrogen and oxygen atoms in total. The van der Waals surface area contributed by atoms with E-state index in [1.54, 1.807) is 28.5 Å². The Labute approximate surface area is 206 Å². The fraction of sp³-hybridized carbons (Fsp3) is 0.185. The van der Waals surface area contributed by atoms with Gasteiger partial charge in [0.25, 0.3) is 0 Å². The third-order valence-electron chi connectivity index (χ3n) is 6.26. The first kappa shape index (κ1) is 22.9. The van der Waals surface area contributed by atoms with Crippen LogP contribution in [0.1, 0.15) is 36.5 Å². The maximum absolute atomic E-state index is 13.5. The van der Waals surface area contributed by atoms with E-state index in [0.29, 0.717) is 5.13 Å². The number of aryl methyl sites for hydroxylation is 1. The molecule has 2 heterocycles. The van der Waals surface area contributed by atoms with Gasteiger partial charge in [-0.25, -0.2) is 9.07 Å². The van der Waals surface area contributed by atoms with Crippen LogP contribution in [0.2, 0.25) is 0 Å². The number of anilines is 1. The smallest absolute Gasteiger partial charge is 0.232 e. The molecule has 8 heteroatoms. The highest BCUT2D eigenvalue weighted by molar-refractivity contribution is 7.13. The molecule has 5 aromatic rings. The van der Waals surface area contributed by atoms with Crippen molar-refractivity contribution < 1.29 is 9.18 Å². The number of carbonyl (C=O) groups excluding carboxylic acids is 1. The van der Waals surface area contributed by atoms with Crippen LogP contribution in [0, 0.1) is 18.2 Å². The summed E-state index contributed by atoms with van der Waals surface area (Å²) in [5, 5.41) is 16.7. The molecule has 0 saturated heterocycles. The summed E-state index contributed by atoms with van der Waals surface area (Å²) in [6, 6.07) is 20.6. The van der Waals surface area contributed by atoms with Gasteiger partial charge in [-0.1, -0.05) is 61.1 Å². The highest BCUT2D eigenvalue weighted by atomic mass is 32.1. The molecular formula is C27H24FN5OS. The van der Waals surface area contributed by atoms with Crippen LogP contribution < -0.4 is 5.32 Å². The Morgan fingerprint density at radius 1 is 1.06 bits per heavy atom. The molecule has 0 aliphatic carbocycles. The average Bonchev–Trinajstić information content (AvgIpc) is 3.49. The molecule has 0 spiro atoms. The standard InChI is InChI=1S/C27H24FN5OS/c1-17-5-4-6-18(13-17)24(27(2,3)25(34)31-26-32-29-16-35-26)19-7-12-23-20(14-19)15-30-33(23)22-10-8-21(28)9-11-22/h4-16,24H,1-3H3,(H,31,32,34). The molecule has 176 valence electrons. The largest absolute Gasteiger partial charge is 0.300 e. The lowest BCUT2D eigenvalue weighted by Gasteiger charge is -2.34. The van der Waals surface area contributed by atoms with E-state index in [-0.39, 0.29) is 17.6 Å². The van der Waals surface area contributed by atoms with E-state index in [0.717, 1.165) is 33.3 Å². The summed E-state index contributed by atoms with van der Waals surface area (Å²) in [6.07, 6.45) is 1.80. The average molecular weight is 486 g/mol. The van der Waals surface area contributed by atoms with Gasteiger partial charge in [0.05, 0.1) is 22.8 Å². The summed E-state index contributed by atoms with van der Waals surface area (Å²) in [5.41, 5.74) is 5.64. The van der Waals surface area contributed by atoms with Crippen LogP contribution in [0.15, 0.2) is 78.4 Å². The van der Waals surface area contributed by atoms with Gasteiger partial charge in [0.15, 0.2) is 0 Å². The normalized spacial score (nSPS) is 12.6. The van der Waals surface area contributed by atoms with Gasteiger partial charge in [-0.3, -0.25) is 4.79 Å². The number of aromatic nitrogens is 4. The number of benzene rings is 3. The summed E-state index contributed by atoms with van der Waals surface area (Å²) in [6.45, 7) is 5.94. The highest BCUT2D eigenvalue weighted by Gasteiger charge is 2.39. The Balaban J connectivity index is 1.59. The third-order valence-corrected chi connectivity index (χ3v) is 6.87. The second-order valence-corrected chi connectivity index (χ2v) is 9.95. The number of nitrogens with zero attached hydrogens (tertiary/aromatic N) is 4. The lowest BCUT2D eigenvalue weighted by molar-refractivity contribution is -0.124. The fourth-order valence-electron chi connectivity index (χ4n) is 4.51. The van der Waals surface area contributed by atoms with Crippen LogP contribution in [-0.2, 0) is 4.79 Å². The van der Waals surface area contributed by atoms with Gasteiger partial charge in [0.1, 0.15) is 11.3 Å². The summed E-state index contributed by atoms with van der Waals surface area (Å²) in [4.78, 5) is 13.5. The summed E-state index contributed by atoms with van der Waals surface area (Å²) < 4.78 is 15.2. The first-order valence-corrected chi connectivity index (χ1v) is 12.1. The molecule has 0 fully saturated rings. The van der Waals surface area contributed by atoms with Crippen LogP contribution in [0.5, 0.6) is 0 Å².